The second kappa shape index (κ2) is 8.75. The highest BCUT2D eigenvalue weighted by atomic mass is 35.5. The molecule has 0 bridgehead atoms. The van der Waals surface area contributed by atoms with Crippen molar-refractivity contribution in [1.82, 2.24) is 15.6 Å². The number of amides is 1. The summed E-state index contributed by atoms with van der Waals surface area (Å²) in [5.74, 6) is -0.00185. The van der Waals surface area contributed by atoms with Gasteiger partial charge in [0.25, 0.3) is 0 Å². The highest BCUT2D eigenvalue weighted by molar-refractivity contribution is 7.11. The van der Waals surface area contributed by atoms with Crippen LogP contribution in [0.25, 0.3) is 0 Å². The van der Waals surface area contributed by atoms with Crippen molar-refractivity contribution < 1.29 is 4.79 Å². The lowest BCUT2D eigenvalue weighted by molar-refractivity contribution is -0.120. The molecule has 2 N–H and O–H groups in total. The Morgan fingerprint density at radius 2 is 2.00 bits per heavy atom. The first kappa shape index (κ1) is 18.0. The summed E-state index contributed by atoms with van der Waals surface area (Å²) in [6.45, 7) is 4.89. The SMILES string of the molecule is CNCC(=O)NCc1nc(C)c(C)s1.Cl.Cl. The highest BCUT2D eigenvalue weighted by Crippen LogP contribution is 2.15. The van der Waals surface area contributed by atoms with E-state index in [0.717, 1.165) is 10.7 Å². The van der Waals surface area contributed by atoms with Gasteiger partial charge in [0.15, 0.2) is 0 Å². The molecule has 94 valence electrons. The maximum atomic E-state index is 11.1. The third kappa shape index (κ3) is 5.65. The van der Waals surface area contributed by atoms with Gasteiger partial charge in [-0.3, -0.25) is 4.79 Å². The summed E-state index contributed by atoms with van der Waals surface area (Å²) in [7, 11) is 1.75. The topological polar surface area (TPSA) is 54.0 Å². The van der Waals surface area contributed by atoms with Gasteiger partial charge in [0.2, 0.25) is 5.91 Å². The molecule has 0 saturated heterocycles. The average molecular weight is 286 g/mol. The minimum Gasteiger partial charge on any atom is -0.348 e. The van der Waals surface area contributed by atoms with Crippen molar-refractivity contribution in [2.45, 2.75) is 20.4 Å². The van der Waals surface area contributed by atoms with Crippen LogP contribution in [0.15, 0.2) is 0 Å². The number of carbonyl (C=O) groups excluding carboxylic acids is 1. The van der Waals surface area contributed by atoms with Gasteiger partial charge in [-0.05, 0) is 20.9 Å². The number of hydrogen-bond acceptors (Lipinski definition) is 4. The Morgan fingerprint density at radius 3 is 2.44 bits per heavy atom. The first-order chi connectivity index (χ1) is 6.63. The molecule has 7 heteroatoms. The van der Waals surface area contributed by atoms with Crippen LogP contribution in [0.5, 0.6) is 0 Å². The van der Waals surface area contributed by atoms with Crippen LogP contribution in [0, 0.1) is 13.8 Å². The monoisotopic (exact) mass is 285 g/mol. The first-order valence-electron chi connectivity index (χ1n) is 4.47. The van der Waals surface area contributed by atoms with Gasteiger partial charge in [0.1, 0.15) is 5.01 Å². The molecule has 0 fully saturated rings. The average Bonchev–Trinajstić information content (AvgIpc) is 2.44. The van der Waals surface area contributed by atoms with Crippen molar-refractivity contribution in [2.24, 2.45) is 0 Å². The number of rotatable bonds is 4. The molecule has 0 atom stereocenters. The van der Waals surface area contributed by atoms with E-state index in [4.69, 9.17) is 0 Å². The lowest BCUT2D eigenvalue weighted by Gasteiger charge is -2.00. The molecule has 16 heavy (non-hydrogen) atoms. The fraction of sp³-hybridized carbons (Fsp3) is 0.556. The molecule has 4 nitrogen and oxygen atoms in total. The van der Waals surface area contributed by atoms with Crippen LogP contribution < -0.4 is 10.6 Å². The van der Waals surface area contributed by atoms with E-state index >= 15 is 0 Å². The second-order valence-electron chi connectivity index (χ2n) is 3.06. The fourth-order valence-corrected chi connectivity index (χ4v) is 1.89. The highest BCUT2D eigenvalue weighted by Gasteiger charge is 2.04. The van der Waals surface area contributed by atoms with Crippen LogP contribution in [-0.4, -0.2) is 24.5 Å². The molecular weight excluding hydrogens is 269 g/mol. The molecule has 0 aromatic carbocycles. The third-order valence-electron chi connectivity index (χ3n) is 1.85. The van der Waals surface area contributed by atoms with E-state index in [1.54, 1.807) is 18.4 Å². The number of likely N-dealkylation sites (N-methyl/N-ethyl adjacent to an activating group) is 1. The minimum absolute atomic E-state index is 0. The zero-order valence-corrected chi connectivity index (χ0v) is 11.9. The summed E-state index contributed by atoms with van der Waals surface area (Å²) in [5, 5.41) is 6.54. The van der Waals surface area contributed by atoms with Gasteiger partial charge in [-0.2, -0.15) is 0 Å². The Bertz CT molecular complexity index is 311. The summed E-state index contributed by atoms with van der Waals surface area (Å²) >= 11 is 1.63. The molecule has 0 radical (unpaired) electrons. The van der Waals surface area contributed by atoms with Crippen LogP contribution in [0.4, 0.5) is 0 Å². The molecule has 0 unspecified atom stereocenters. The molecule has 0 aliphatic carbocycles. The lowest BCUT2D eigenvalue weighted by Crippen LogP contribution is -2.31. The molecule has 1 aromatic rings. The third-order valence-corrected chi connectivity index (χ3v) is 2.92. The van der Waals surface area contributed by atoms with E-state index in [-0.39, 0.29) is 30.7 Å². The fourth-order valence-electron chi connectivity index (χ4n) is 1.01. The molecule has 0 spiro atoms. The lowest BCUT2D eigenvalue weighted by atomic mass is 10.4. The van der Waals surface area contributed by atoms with Crippen LogP contribution in [0.1, 0.15) is 15.6 Å². The molecular formula is C9H17Cl2N3OS. The van der Waals surface area contributed by atoms with Crippen molar-refractivity contribution in [3.8, 4) is 0 Å². The molecule has 1 heterocycles. The van der Waals surface area contributed by atoms with Crippen LogP contribution in [0.2, 0.25) is 0 Å². The summed E-state index contributed by atoms with van der Waals surface area (Å²) in [6.07, 6.45) is 0. The van der Waals surface area contributed by atoms with Crippen LogP contribution in [-0.2, 0) is 11.3 Å². The zero-order chi connectivity index (χ0) is 10.6. The summed E-state index contributed by atoms with van der Waals surface area (Å²) < 4.78 is 0. The largest absolute Gasteiger partial charge is 0.348 e. The van der Waals surface area contributed by atoms with Crippen molar-refractivity contribution in [2.75, 3.05) is 13.6 Å². The Kier molecular flexibility index (Phi) is 9.86. The molecule has 0 saturated carbocycles. The van der Waals surface area contributed by atoms with Gasteiger partial charge in [-0.1, -0.05) is 0 Å². The minimum atomic E-state index is -0.00185. The number of nitrogens with zero attached hydrogens (tertiary/aromatic N) is 1. The number of halogens is 2. The van der Waals surface area contributed by atoms with Crippen molar-refractivity contribution in [3.05, 3.63) is 15.6 Å². The standard InChI is InChI=1S/C9H15N3OS.2ClH/c1-6-7(2)14-9(12-6)5-11-8(13)4-10-3;;/h10H,4-5H2,1-3H3,(H,11,13);2*1H. The van der Waals surface area contributed by atoms with Gasteiger partial charge in [-0.25, -0.2) is 4.98 Å². The zero-order valence-electron chi connectivity index (χ0n) is 9.49. The smallest absolute Gasteiger partial charge is 0.234 e. The molecule has 0 aliphatic rings. The number of hydrogen-bond donors (Lipinski definition) is 2. The molecule has 1 aromatic heterocycles. The van der Waals surface area contributed by atoms with Crippen molar-refractivity contribution >= 4 is 42.1 Å². The number of thiazole rings is 1. The van der Waals surface area contributed by atoms with Crippen molar-refractivity contribution in [3.63, 3.8) is 0 Å². The molecule has 0 aliphatic heterocycles. The van der Waals surface area contributed by atoms with Gasteiger partial charge in [0, 0.05) is 4.88 Å². The van der Waals surface area contributed by atoms with E-state index in [1.165, 1.54) is 4.88 Å². The predicted octanol–water partition coefficient (Wildman–Crippen LogP) is 1.44. The Labute approximate surface area is 112 Å². The predicted molar refractivity (Wildman–Crippen MR) is 71.9 cm³/mol. The second-order valence-corrected chi connectivity index (χ2v) is 4.34. The van der Waals surface area contributed by atoms with E-state index in [1.807, 2.05) is 13.8 Å². The number of aryl methyl sites for hydroxylation is 2. The quantitative estimate of drug-likeness (QED) is 0.880. The maximum Gasteiger partial charge on any atom is 0.234 e. The van der Waals surface area contributed by atoms with Crippen LogP contribution in [0.3, 0.4) is 0 Å². The first-order valence-corrected chi connectivity index (χ1v) is 5.29. The normalized spacial score (nSPS) is 8.94. The van der Waals surface area contributed by atoms with Gasteiger partial charge in [0.05, 0.1) is 18.8 Å². The van der Waals surface area contributed by atoms with Crippen LogP contribution >= 0.6 is 36.2 Å². The summed E-state index contributed by atoms with van der Waals surface area (Å²) in [5.41, 5.74) is 1.05. The van der Waals surface area contributed by atoms with E-state index < -0.39 is 0 Å². The maximum absolute atomic E-state index is 11.1. The van der Waals surface area contributed by atoms with E-state index in [9.17, 15) is 4.79 Å². The Balaban J connectivity index is 0. The van der Waals surface area contributed by atoms with Gasteiger partial charge >= 0.3 is 0 Å². The summed E-state index contributed by atoms with van der Waals surface area (Å²) in [6, 6.07) is 0. The molecule has 1 amide bonds. The summed E-state index contributed by atoms with van der Waals surface area (Å²) in [4.78, 5) is 16.6. The Hall–Kier alpha value is -0.360. The number of carbonyl (C=O) groups is 1. The number of nitrogens with one attached hydrogen (secondary N) is 2. The Morgan fingerprint density at radius 1 is 1.38 bits per heavy atom. The molecule has 1 rings (SSSR count). The van der Waals surface area contributed by atoms with Gasteiger partial charge < -0.3 is 10.6 Å². The van der Waals surface area contributed by atoms with E-state index in [0.29, 0.717) is 13.1 Å². The van der Waals surface area contributed by atoms with Gasteiger partial charge in [-0.15, -0.1) is 36.2 Å². The number of aromatic nitrogens is 1. The van der Waals surface area contributed by atoms with E-state index in [2.05, 4.69) is 15.6 Å². The van der Waals surface area contributed by atoms with Crippen molar-refractivity contribution in [1.29, 1.82) is 0 Å².